The Bertz CT molecular complexity index is 2490. The second kappa shape index (κ2) is 26.1. The Kier molecular flexibility index (Phi) is 20.1. The number of unbranched alkanes of at least 4 members (excludes halogenated alkanes) is 2. The highest BCUT2D eigenvalue weighted by Crippen LogP contribution is 2.31. The molecule has 2 N–H and O–H groups in total. The van der Waals surface area contributed by atoms with Gasteiger partial charge in [-0.15, -0.1) is 23.5 Å². The first-order chi connectivity index (χ1) is 32.7. The third-order valence-corrected chi connectivity index (χ3v) is 15.1. The number of likely N-dealkylation sites (tertiary alicyclic amines) is 2. The fourth-order valence-corrected chi connectivity index (χ4v) is 10.9. The van der Waals surface area contributed by atoms with Crippen molar-refractivity contribution in [2.75, 3.05) is 65.4 Å². The molecule has 2 atom stereocenters. The highest BCUT2D eigenvalue weighted by atomic mass is 32.2. The van der Waals surface area contributed by atoms with Crippen molar-refractivity contribution in [3.8, 4) is 0 Å². The minimum atomic E-state index is -0.0827. The number of amides is 2. The first kappa shape index (κ1) is 51.6. The number of rotatable bonds is 20. The number of allylic oxidation sites excluding steroid dienone is 1. The maximum atomic E-state index is 12.7. The predicted molar refractivity (Wildman–Crippen MR) is 284 cm³/mol. The minimum Gasteiger partial charge on any atom is -0.361 e. The summed E-state index contributed by atoms with van der Waals surface area (Å²) in [7, 11) is 1.82. The van der Waals surface area contributed by atoms with E-state index in [4.69, 9.17) is 0 Å². The van der Waals surface area contributed by atoms with Crippen LogP contribution in [-0.4, -0.2) is 125 Å². The van der Waals surface area contributed by atoms with Crippen LogP contribution >= 0.6 is 23.5 Å². The van der Waals surface area contributed by atoms with E-state index in [1.54, 1.807) is 58.8 Å². The van der Waals surface area contributed by atoms with Gasteiger partial charge in [0.05, 0.1) is 5.56 Å². The van der Waals surface area contributed by atoms with E-state index >= 15 is 0 Å². The van der Waals surface area contributed by atoms with E-state index in [1.807, 2.05) is 44.9 Å². The van der Waals surface area contributed by atoms with Gasteiger partial charge in [-0.1, -0.05) is 56.9 Å². The summed E-state index contributed by atoms with van der Waals surface area (Å²) in [4.78, 5) is 55.1. The van der Waals surface area contributed by atoms with E-state index in [2.05, 4.69) is 87.7 Å². The topological polar surface area (TPSA) is 95.8 Å². The van der Waals surface area contributed by atoms with Crippen molar-refractivity contribution in [2.24, 2.45) is 0 Å². The summed E-state index contributed by atoms with van der Waals surface area (Å²) in [6.45, 7) is 16.6. The normalized spacial score (nSPS) is 17.6. The Morgan fingerprint density at radius 3 is 1.90 bits per heavy atom. The lowest BCUT2D eigenvalue weighted by Crippen LogP contribution is -2.33. The SMILES string of the molecule is C=CC1=C(/C=C\C)CN(CCCCN2CCCC2Cc2c[nH]c3ccc(SC)cc23)C1=O.CC.CSc1ccc2[nH]cc(CC3CCCN3CCCCN(C)C(=O)c3ccccc3C=O)c2c1. The second-order valence-corrected chi connectivity index (χ2v) is 19.5. The first-order valence-corrected chi connectivity index (χ1v) is 27.0. The highest BCUT2D eigenvalue weighted by Gasteiger charge is 2.29. The smallest absolute Gasteiger partial charge is 0.254 e. The molecule has 8 rings (SSSR count). The molecule has 0 spiro atoms. The van der Waals surface area contributed by atoms with Crippen molar-refractivity contribution in [1.82, 2.24) is 29.6 Å². The molecular weight excluding hydrogens is 869 g/mol. The molecule has 67 heavy (non-hydrogen) atoms. The van der Waals surface area contributed by atoms with Crippen LogP contribution in [0.1, 0.15) is 104 Å². The fourth-order valence-electron chi connectivity index (χ4n) is 10.1. The van der Waals surface area contributed by atoms with Crippen LogP contribution < -0.4 is 0 Å². The minimum absolute atomic E-state index is 0.0827. The molecule has 2 saturated heterocycles. The van der Waals surface area contributed by atoms with Gasteiger partial charge in [-0.2, -0.15) is 0 Å². The Morgan fingerprint density at radius 1 is 0.806 bits per heavy atom. The maximum absolute atomic E-state index is 12.7. The van der Waals surface area contributed by atoms with Crippen LogP contribution in [0.2, 0.25) is 0 Å². The third kappa shape index (κ3) is 13.3. The Balaban J connectivity index is 0.000000213. The molecule has 2 fully saturated rings. The van der Waals surface area contributed by atoms with Gasteiger partial charge in [0.1, 0.15) is 0 Å². The van der Waals surface area contributed by atoms with Crippen LogP contribution in [0, 0.1) is 0 Å². The summed E-state index contributed by atoms with van der Waals surface area (Å²) >= 11 is 3.59. The molecule has 2 amide bonds. The zero-order valence-electron chi connectivity index (χ0n) is 41.0. The number of hydrogen-bond donors (Lipinski definition) is 2. The fraction of sp³-hybridized carbons (Fsp3) is 0.446. The van der Waals surface area contributed by atoms with Crippen LogP contribution in [0.25, 0.3) is 21.8 Å². The molecule has 3 aromatic carbocycles. The van der Waals surface area contributed by atoms with Gasteiger partial charge in [0.25, 0.3) is 11.8 Å². The highest BCUT2D eigenvalue weighted by molar-refractivity contribution is 7.98. The van der Waals surface area contributed by atoms with E-state index in [-0.39, 0.29) is 11.8 Å². The second-order valence-electron chi connectivity index (χ2n) is 17.7. The van der Waals surface area contributed by atoms with E-state index < -0.39 is 0 Å². The largest absolute Gasteiger partial charge is 0.361 e. The van der Waals surface area contributed by atoms with Crippen LogP contribution in [0.4, 0.5) is 0 Å². The van der Waals surface area contributed by atoms with Crippen molar-refractivity contribution in [3.05, 3.63) is 131 Å². The van der Waals surface area contributed by atoms with E-state index in [0.717, 1.165) is 88.7 Å². The molecule has 5 heterocycles. The van der Waals surface area contributed by atoms with Gasteiger partial charge in [0.15, 0.2) is 6.29 Å². The van der Waals surface area contributed by atoms with Gasteiger partial charge in [0.2, 0.25) is 0 Å². The number of nitrogens with one attached hydrogen (secondary N) is 2. The molecule has 5 aromatic rings. The molecule has 0 aliphatic carbocycles. The van der Waals surface area contributed by atoms with Crippen molar-refractivity contribution < 1.29 is 14.4 Å². The summed E-state index contributed by atoms with van der Waals surface area (Å²) in [5.41, 5.74) is 8.11. The zero-order valence-corrected chi connectivity index (χ0v) is 42.6. The molecule has 0 saturated carbocycles. The number of aromatic nitrogens is 2. The predicted octanol–water partition coefficient (Wildman–Crippen LogP) is 11.9. The Morgan fingerprint density at radius 2 is 1.36 bits per heavy atom. The van der Waals surface area contributed by atoms with Gasteiger partial charge in [-0.3, -0.25) is 14.4 Å². The number of nitrogens with zero attached hydrogens (tertiary/aromatic N) is 4. The van der Waals surface area contributed by atoms with Crippen molar-refractivity contribution in [2.45, 2.75) is 107 Å². The quantitative estimate of drug-likeness (QED) is 0.0456. The van der Waals surface area contributed by atoms with Gasteiger partial charge >= 0.3 is 0 Å². The summed E-state index contributed by atoms with van der Waals surface area (Å²) in [6.07, 6.45) is 26.6. The van der Waals surface area contributed by atoms with Crippen LogP contribution in [0.3, 0.4) is 0 Å². The number of benzene rings is 3. The summed E-state index contributed by atoms with van der Waals surface area (Å²) in [5, 5.41) is 2.73. The summed E-state index contributed by atoms with van der Waals surface area (Å²) in [6, 6.07) is 21.6. The number of aromatic amines is 2. The molecule has 358 valence electrons. The van der Waals surface area contributed by atoms with E-state index in [0.29, 0.717) is 29.8 Å². The Labute approximate surface area is 408 Å². The molecule has 2 unspecified atom stereocenters. The summed E-state index contributed by atoms with van der Waals surface area (Å²) < 4.78 is 0. The van der Waals surface area contributed by atoms with E-state index in [9.17, 15) is 14.4 Å². The molecule has 2 aromatic heterocycles. The number of thioether (sulfide) groups is 2. The van der Waals surface area contributed by atoms with Crippen molar-refractivity contribution >= 4 is 63.4 Å². The molecule has 0 radical (unpaired) electrons. The number of carbonyl (C=O) groups excluding carboxylic acids is 3. The van der Waals surface area contributed by atoms with Gasteiger partial charge in [-0.25, -0.2) is 0 Å². The molecule has 3 aliphatic rings. The first-order valence-electron chi connectivity index (χ1n) is 24.6. The monoisotopic (exact) mass is 943 g/mol. The molecular formula is C56H74N6O3S2. The average Bonchev–Trinajstić information content (AvgIpc) is 4.23. The lowest BCUT2D eigenvalue weighted by molar-refractivity contribution is -0.125. The number of H-pyrrole nitrogens is 2. The standard InChI is InChI=1S/C27H33N3O2S.C27H35N3OS.C2H6/c1-29(27(32)24-10-4-3-8-20(24)19-31)13-5-6-14-30-15-7-9-22(30)16-21-18-28-26-12-11-23(33-2)17-25(21)26;1-4-9-20-19-30(27(31)24(20)5-2)14-7-6-13-29-15-8-10-22(29)16-21-18-28-26-12-11-23(32-3)17-25(21)26;1-2/h3-4,8,10-12,17-19,22,28H,5-7,9,13-16H2,1-2H3;4-5,9,11-12,17-18,22,28H,2,6-8,10,13-16,19H2,1,3H3;1-2H3/b;9-4-;. The van der Waals surface area contributed by atoms with Crippen molar-refractivity contribution in [1.29, 1.82) is 0 Å². The molecule has 3 aliphatic heterocycles. The van der Waals surface area contributed by atoms with E-state index in [1.165, 1.54) is 75.0 Å². The number of carbonyl (C=O) groups is 3. The Hall–Kier alpha value is -4.81. The number of aldehydes is 1. The zero-order chi connectivity index (χ0) is 47.7. The lowest BCUT2D eigenvalue weighted by Gasteiger charge is -2.25. The number of fused-ring (bicyclic) bond motifs is 2. The maximum Gasteiger partial charge on any atom is 0.254 e. The van der Waals surface area contributed by atoms with Gasteiger partial charge in [-0.05, 0) is 169 Å². The van der Waals surface area contributed by atoms with Crippen LogP contribution in [0.15, 0.2) is 119 Å². The van der Waals surface area contributed by atoms with Crippen LogP contribution in [-0.2, 0) is 17.6 Å². The van der Waals surface area contributed by atoms with Crippen LogP contribution in [0.5, 0.6) is 0 Å². The third-order valence-electron chi connectivity index (χ3n) is 13.6. The molecule has 11 heteroatoms. The lowest BCUT2D eigenvalue weighted by atomic mass is 10.0. The molecule has 9 nitrogen and oxygen atoms in total. The van der Waals surface area contributed by atoms with Gasteiger partial charge < -0.3 is 29.6 Å². The summed E-state index contributed by atoms with van der Waals surface area (Å²) in [5.74, 6) is 0.0526. The number of hydrogen-bond acceptors (Lipinski definition) is 7. The molecule has 0 bridgehead atoms. The van der Waals surface area contributed by atoms with Gasteiger partial charge in [0, 0.05) is 93.9 Å². The van der Waals surface area contributed by atoms with Crippen molar-refractivity contribution in [3.63, 3.8) is 0 Å². The average molecular weight is 943 g/mol.